The van der Waals surface area contributed by atoms with Gasteiger partial charge < -0.3 is 19.8 Å². The number of carbonyl (C=O) groups is 2. The molecule has 1 unspecified atom stereocenters. The lowest BCUT2D eigenvalue weighted by molar-refractivity contribution is -0.139. The summed E-state index contributed by atoms with van der Waals surface area (Å²) in [6.45, 7) is 1.25. The molecular formula is C28H35N3O3. The third kappa shape index (κ3) is 4.73. The van der Waals surface area contributed by atoms with Crippen molar-refractivity contribution < 1.29 is 14.7 Å². The summed E-state index contributed by atoms with van der Waals surface area (Å²) in [5.74, 6) is -1.23. The van der Waals surface area contributed by atoms with E-state index in [1.807, 2.05) is 69.5 Å². The van der Waals surface area contributed by atoms with Crippen molar-refractivity contribution in [1.82, 2.24) is 9.80 Å². The molecule has 34 heavy (non-hydrogen) atoms. The van der Waals surface area contributed by atoms with E-state index in [0.29, 0.717) is 12.1 Å². The van der Waals surface area contributed by atoms with E-state index in [-0.39, 0.29) is 11.3 Å². The number of fused-ring (bicyclic) bond motifs is 1. The van der Waals surface area contributed by atoms with Crippen LogP contribution in [0.3, 0.4) is 0 Å². The zero-order valence-corrected chi connectivity index (χ0v) is 20.7. The Morgan fingerprint density at radius 2 is 1.65 bits per heavy atom. The molecule has 1 aliphatic heterocycles. The summed E-state index contributed by atoms with van der Waals surface area (Å²) in [5, 5.41) is 11.4. The van der Waals surface area contributed by atoms with E-state index in [2.05, 4.69) is 11.0 Å². The highest BCUT2D eigenvalue weighted by Gasteiger charge is 2.45. The highest BCUT2D eigenvalue weighted by Crippen LogP contribution is 2.40. The Hall–Kier alpha value is -3.12. The molecule has 6 nitrogen and oxygen atoms in total. The lowest BCUT2D eigenvalue weighted by Gasteiger charge is -2.26. The van der Waals surface area contributed by atoms with Crippen molar-refractivity contribution >= 4 is 23.1 Å². The maximum atomic E-state index is 13.2. The van der Waals surface area contributed by atoms with Crippen LogP contribution in [-0.4, -0.2) is 67.9 Å². The minimum atomic E-state index is -0.609. The number of aliphatic hydroxyl groups excluding tert-OH is 1. The van der Waals surface area contributed by atoms with E-state index in [9.17, 15) is 14.7 Å². The Morgan fingerprint density at radius 3 is 2.29 bits per heavy atom. The lowest BCUT2D eigenvalue weighted by Crippen LogP contribution is -2.32. The van der Waals surface area contributed by atoms with Crippen LogP contribution in [0.1, 0.15) is 47.6 Å². The molecule has 2 aliphatic rings. The highest BCUT2D eigenvalue weighted by atomic mass is 16.3. The quantitative estimate of drug-likeness (QED) is 0.384. The molecule has 1 heterocycles. The predicted octanol–water partition coefficient (Wildman–Crippen LogP) is 4.00. The smallest absolute Gasteiger partial charge is 0.295 e. The number of benzene rings is 2. The molecule has 0 spiro atoms. The summed E-state index contributed by atoms with van der Waals surface area (Å²) in [7, 11) is 7.92. The average molecular weight is 462 g/mol. The number of amides is 1. The second-order valence-electron chi connectivity index (χ2n) is 9.83. The summed E-state index contributed by atoms with van der Waals surface area (Å²) in [4.78, 5) is 32.1. The van der Waals surface area contributed by atoms with E-state index in [0.717, 1.165) is 43.5 Å². The van der Waals surface area contributed by atoms with Gasteiger partial charge in [0.1, 0.15) is 5.76 Å². The van der Waals surface area contributed by atoms with Gasteiger partial charge in [-0.2, -0.15) is 0 Å². The molecule has 1 saturated heterocycles. The van der Waals surface area contributed by atoms with E-state index >= 15 is 0 Å². The molecule has 1 atom stereocenters. The van der Waals surface area contributed by atoms with Crippen molar-refractivity contribution in [2.45, 2.75) is 38.1 Å². The number of hydrogen-bond acceptors (Lipinski definition) is 5. The molecule has 0 saturated carbocycles. The van der Waals surface area contributed by atoms with Crippen LogP contribution < -0.4 is 4.90 Å². The molecule has 1 fully saturated rings. The number of aliphatic hydroxyl groups is 1. The van der Waals surface area contributed by atoms with Crippen LogP contribution in [-0.2, 0) is 22.4 Å². The minimum absolute atomic E-state index is 0.0801. The largest absolute Gasteiger partial charge is 0.507 e. The first-order chi connectivity index (χ1) is 16.3. The van der Waals surface area contributed by atoms with Gasteiger partial charge in [0.15, 0.2) is 0 Å². The normalized spacial score (nSPS) is 19.6. The summed E-state index contributed by atoms with van der Waals surface area (Å²) in [6, 6.07) is 13.2. The van der Waals surface area contributed by atoms with Gasteiger partial charge in [-0.3, -0.25) is 9.59 Å². The summed E-state index contributed by atoms with van der Waals surface area (Å²) in [6.07, 6.45) is 5.08. The number of Topliss-reactive ketones (excluding diaryl/α,β-unsaturated/α-hetero) is 1. The first kappa shape index (κ1) is 24.0. The van der Waals surface area contributed by atoms with Crippen LogP contribution in [0.2, 0.25) is 0 Å². The predicted molar refractivity (Wildman–Crippen MR) is 136 cm³/mol. The molecule has 0 radical (unpaired) electrons. The van der Waals surface area contributed by atoms with E-state index in [1.54, 1.807) is 4.90 Å². The van der Waals surface area contributed by atoms with Gasteiger partial charge >= 0.3 is 0 Å². The topological polar surface area (TPSA) is 64.1 Å². The average Bonchev–Trinajstić information content (AvgIpc) is 3.08. The van der Waals surface area contributed by atoms with Crippen molar-refractivity contribution in [2.75, 3.05) is 46.2 Å². The third-order valence-electron chi connectivity index (χ3n) is 6.89. The molecule has 180 valence electrons. The van der Waals surface area contributed by atoms with Crippen molar-refractivity contribution in [3.05, 3.63) is 70.3 Å². The Kier molecular flexibility index (Phi) is 7.08. The van der Waals surface area contributed by atoms with Crippen LogP contribution in [0.15, 0.2) is 48.0 Å². The number of aryl methyl sites for hydroxylation is 2. The van der Waals surface area contributed by atoms with Crippen molar-refractivity contribution in [3.63, 3.8) is 0 Å². The monoisotopic (exact) mass is 461 g/mol. The van der Waals surface area contributed by atoms with Gasteiger partial charge in [0.05, 0.1) is 11.6 Å². The van der Waals surface area contributed by atoms with Crippen LogP contribution >= 0.6 is 0 Å². The number of ketones is 1. The lowest BCUT2D eigenvalue weighted by atomic mass is 9.88. The Bertz CT molecular complexity index is 1100. The summed E-state index contributed by atoms with van der Waals surface area (Å²) < 4.78 is 0. The summed E-state index contributed by atoms with van der Waals surface area (Å²) in [5.41, 5.74) is 5.19. The maximum absolute atomic E-state index is 13.2. The zero-order chi connectivity index (χ0) is 24.4. The fourth-order valence-electron chi connectivity index (χ4n) is 5.01. The van der Waals surface area contributed by atoms with Crippen LogP contribution in [0.4, 0.5) is 5.69 Å². The molecule has 1 N–H and O–H groups in total. The van der Waals surface area contributed by atoms with Crippen LogP contribution in [0.5, 0.6) is 0 Å². The van der Waals surface area contributed by atoms with E-state index < -0.39 is 17.7 Å². The molecule has 0 aromatic heterocycles. The first-order valence-electron chi connectivity index (χ1n) is 12.1. The number of rotatable bonds is 7. The van der Waals surface area contributed by atoms with Gasteiger partial charge in [-0.15, -0.1) is 0 Å². The molecule has 6 heteroatoms. The van der Waals surface area contributed by atoms with E-state index in [4.69, 9.17) is 0 Å². The molecule has 2 aromatic carbocycles. The van der Waals surface area contributed by atoms with Gasteiger partial charge in [0.25, 0.3) is 11.7 Å². The molecule has 0 bridgehead atoms. The molecule has 4 rings (SSSR count). The number of anilines is 1. The highest BCUT2D eigenvalue weighted by molar-refractivity contribution is 6.46. The first-order valence-corrected chi connectivity index (χ1v) is 12.1. The summed E-state index contributed by atoms with van der Waals surface area (Å²) >= 11 is 0. The fraction of sp³-hybridized carbons (Fsp3) is 0.429. The number of hydrogen-bond donors (Lipinski definition) is 1. The molecule has 1 aliphatic carbocycles. The molecular weight excluding hydrogens is 426 g/mol. The Balaban J connectivity index is 1.78. The van der Waals surface area contributed by atoms with Crippen LogP contribution in [0.25, 0.3) is 5.76 Å². The molecule has 1 amide bonds. The standard InChI is InChI=1S/C28H35N3O3/c1-29(2)16-7-17-31-25(20-12-14-23(15-13-20)30(3)4)24(27(33)28(31)34)26(32)22-11-10-19-8-5-6-9-21(19)18-22/h10-15,18,25,32H,5-9,16-17H2,1-4H3/b26-24-. The number of carbonyl (C=O) groups excluding carboxylic acids is 2. The fourth-order valence-corrected chi connectivity index (χ4v) is 5.01. The van der Waals surface area contributed by atoms with Crippen molar-refractivity contribution in [1.29, 1.82) is 0 Å². The Morgan fingerprint density at radius 1 is 0.971 bits per heavy atom. The minimum Gasteiger partial charge on any atom is -0.507 e. The number of likely N-dealkylation sites (tertiary alicyclic amines) is 1. The van der Waals surface area contributed by atoms with Gasteiger partial charge in [-0.25, -0.2) is 0 Å². The van der Waals surface area contributed by atoms with Crippen molar-refractivity contribution in [2.24, 2.45) is 0 Å². The SMILES string of the molecule is CN(C)CCCN1C(=O)C(=O)/C(=C(\O)c2ccc3c(c2)CCCC3)C1c1ccc(N(C)C)cc1. The van der Waals surface area contributed by atoms with E-state index in [1.165, 1.54) is 17.5 Å². The number of nitrogens with zero attached hydrogens (tertiary/aromatic N) is 3. The van der Waals surface area contributed by atoms with Crippen molar-refractivity contribution in [3.8, 4) is 0 Å². The molecule has 2 aromatic rings. The van der Waals surface area contributed by atoms with Gasteiger partial charge in [-0.05, 0) is 87.6 Å². The zero-order valence-electron chi connectivity index (χ0n) is 20.7. The maximum Gasteiger partial charge on any atom is 0.295 e. The Labute approximate surface area is 202 Å². The van der Waals surface area contributed by atoms with Gasteiger partial charge in [-0.1, -0.05) is 24.3 Å². The second-order valence-corrected chi connectivity index (χ2v) is 9.83. The van der Waals surface area contributed by atoms with Gasteiger partial charge in [0.2, 0.25) is 0 Å². The van der Waals surface area contributed by atoms with Crippen LogP contribution in [0, 0.1) is 0 Å². The third-order valence-corrected chi connectivity index (χ3v) is 6.89. The second kappa shape index (κ2) is 10.0. The van der Waals surface area contributed by atoms with Gasteiger partial charge in [0, 0.05) is 31.9 Å².